The van der Waals surface area contributed by atoms with Crippen LogP contribution in [0.25, 0.3) is 0 Å². The molecule has 0 fully saturated rings. The van der Waals surface area contributed by atoms with E-state index < -0.39 is 21.7 Å². The monoisotopic (exact) mass is 432 g/mol. The summed E-state index contributed by atoms with van der Waals surface area (Å²) in [5.41, 5.74) is 2.46. The van der Waals surface area contributed by atoms with Gasteiger partial charge >= 0.3 is 0 Å². The number of carbonyl (C=O) groups is 1. The number of anilines is 2. The molecule has 1 amide bonds. The Morgan fingerprint density at radius 1 is 1.00 bits per heavy atom. The lowest BCUT2D eigenvalue weighted by Crippen LogP contribution is -2.17. The second-order valence-corrected chi connectivity index (χ2v) is 8.52. The van der Waals surface area contributed by atoms with Gasteiger partial charge in [0.25, 0.3) is 15.9 Å². The molecule has 0 aliphatic carbocycles. The predicted octanol–water partition coefficient (Wildman–Crippen LogP) is 5.15. The Hall–Kier alpha value is -2.90. The van der Waals surface area contributed by atoms with E-state index in [1.807, 2.05) is 13.0 Å². The maximum atomic E-state index is 13.3. The van der Waals surface area contributed by atoms with Crippen LogP contribution in [0.15, 0.2) is 65.6 Å². The Balaban J connectivity index is 1.91. The first kappa shape index (κ1) is 20.8. The number of hydrogen-bond donors (Lipinski definition) is 2. The van der Waals surface area contributed by atoms with Crippen molar-refractivity contribution in [2.45, 2.75) is 18.7 Å². The summed E-state index contributed by atoms with van der Waals surface area (Å²) in [5, 5.41) is 2.50. The first-order valence-electron chi connectivity index (χ1n) is 8.63. The molecule has 0 spiro atoms. The highest BCUT2D eigenvalue weighted by atomic mass is 35.5. The lowest BCUT2D eigenvalue weighted by atomic mass is 10.1. The van der Waals surface area contributed by atoms with Crippen molar-refractivity contribution >= 4 is 38.9 Å². The zero-order chi connectivity index (χ0) is 21.2. The topological polar surface area (TPSA) is 75.3 Å². The molecule has 29 heavy (non-hydrogen) atoms. The average Bonchev–Trinajstić information content (AvgIpc) is 2.65. The molecule has 0 aliphatic rings. The zero-order valence-corrected chi connectivity index (χ0v) is 17.2. The van der Waals surface area contributed by atoms with E-state index >= 15 is 0 Å². The summed E-state index contributed by atoms with van der Waals surface area (Å²) in [6.45, 7) is 3.68. The molecule has 0 radical (unpaired) electrons. The molecule has 3 aromatic rings. The molecular formula is C21H18ClFN2O3S. The van der Waals surface area contributed by atoms with Crippen LogP contribution in [0.5, 0.6) is 0 Å². The second-order valence-electron chi connectivity index (χ2n) is 6.46. The maximum absolute atomic E-state index is 13.3. The summed E-state index contributed by atoms with van der Waals surface area (Å²) in [5.74, 6) is -1.09. The van der Waals surface area contributed by atoms with E-state index in [4.69, 9.17) is 11.6 Å². The largest absolute Gasteiger partial charge is 0.322 e. The van der Waals surface area contributed by atoms with Gasteiger partial charge in [0.2, 0.25) is 0 Å². The molecule has 150 valence electrons. The van der Waals surface area contributed by atoms with Crippen molar-refractivity contribution in [2.24, 2.45) is 0 Å². The number of benzene rings is 3. The molecular weight excluding hydrogens is 415 g/mol. The highest BCUT2D eigenvalue weighted by molar-refractivity contribution is 7.92. The van der Waals surface area contributed by atoms with Crippen molar-refractivity contribution < 1.29 is 17.6 Å². The Kier molecular flexibility index (Phi) is 5.91. The third kappa shape index (κ3) is 4.75. The minimum Gasteiger partial charge on any atom is -0.322 e. The Morgan fingerprint density at radius 3 is 2.45 bits per heavy atom. The van der Waals surface area contributed by atoms with Crippen LogP contribution in [0.1, 0.15) is 21.5 Å². The number of nitrogens with one attached hydrogen (secondary N) is 2. The van der Waals surface area contributed by atoms with Gasteiger partial charge in [-0.2, -0.15) is 0 Å². The van der Waals surface area contributed by atoms with Crippen molar-refractivity contribution in [1.29, 1.82) is 0 Å². The van der Waals surface area contributed by atoms with E-state index in [0.29, 0.717) is 5.69 Å². The normalized spacial score (nSPS) is 11.2. The van der Waals surface area contributed by atoms with E-state index in [2.05, 4.69) is 10.0 Å². The van der Waals surface area contributed by atoms with Crippen LogP contribution in [0.4, 0.5) is 15.8 Å². The van der Waals surface area contributed by atoms with Gasteiger partial charge in [-0.1, -0.05) is 29.8 Å². The first-order valence-corrected chi connectivity index (χ1v) is 10.5. The maximum Gasteiger partial charge on any atom is 0.263 e. The fraction of sp³-hybridized carbons (Fsp3) is 0.0952. The summed E-state index contributed by atoms with van der Waals surface area (Å²) < 4.78 is 41.6. The lowest BCUT2D eigenvalue weighted by Gasteiger charge is -2.14. The summed E-state index contributed by atoms with van der Waals surface area (Å²) in [7, 11) is -4.04. The molecule has 0 atom stereocenters. The molecule has 8 heteroatoms. The van der Waals surface area contributed by atoms with E-state index in [1.165, 1.54) is 36.4 Å². The summed E-state index contributed by atoms with van der Waals surface area (Å²) in [6, 6.07) is 14.6. The van der Waals surface area contributed by atoms with Crippen molar-refractivity contribution in [2.75, 3.05) is 10.0 Å². The van der Waals surface area contributed by atoms with Gasteiger partial charge in [-0.3, -0.25) is 9.52 Å². The lowest BCUT2D eigenvalue weighted by molar-refractivity contribution is 0.102. The third-order valence-electron chi connectivity index (χ3n) is 4.41. The number of sulfonamides is 1. The number of halogens is 2. The van der Waals surface area contributed by atoms with E-state index in [9.17, 15) is 17.6 Å². The molecule has 0 unspecified atom stereocenters. The van der Waals surface area contributed by atoms with Gasteiger partial charge in [0.15, 0.2) is 0 Å². The minimum atomic E-state index is -4.04. The van der Waals surface area contributed by atoms with Gasteiger partial charge in [-0.15, -0.1) is 0 Å². The SMILES string of the molecule is Cc1cccc(NS(=O)(=O)c2cc(C(=O)Nc3cccc(F)c3)ccc2Cl)c1C. The number of rotatable bonds is 5. The van der Waals surface area contributed by atoms with E-state index in [0.717, 1.165) is 17.2 Å². The molecule has 0 heterocycles. The summed E-state index contributed by atoms with van der Waals surface area (Å²) in [6.07, 6.45) is 0. The molecule has 0 aliphatic heterocycles. The van der Waals surface area contributed by atoms with Crippen LogP contribution in [0.3, 0.4) is 0 Å². The third-order valence-corrected chi connectivity index (χ3v) is 6.26. The molecule has 3 aromatic carbocycles. The second kappa shape index (κ2) is 8.23. The van der Waals surface area contributed by atoms with Crippen LogP contribution in [0, 0.1) is 19.7 Å². The van der Waals surface area contributed by atoms with Crippen molar-refractivity contribution in [1.82, 2.24) is 0 Å². The van der Waals surface area contributed by atoms with E-state index in [1.54, 1.807) is 19.1 Å². The quantitative estimate of drug-likeness (QED) is 0.585. The summed E-state index contributed by atoms with van der Waals surface area (Å²) >= 11 is 6.10. The standard InChI is InChI=1S/C21H18ClFN2O3S/c1-13-5-3-8-19(14(13)2)25-29(27,28)20-11-15(9-10-18(20)22)21(26)24-17-7-4-6-16(23)12-17/h3-12,25H,1-2H3,(H,24,26). The Labute approximate surface area is 173 Å². The molecule has 2 N–H and O–H groups in total. The van der Waals surface area contributed by atoms with Crippen LogP contribution >= 0.6 is 11.6 Å². The highest BCUT2D eigenvalue weighted by Crippen LogP contribution is 2.27. The molecule has 0 aromatic heterocycles. The predicted molar refractivity (Wildman–Crippen MR) is 113 cm³/mol. The van der Waals surface area contributed by atoms with Gasteiger partial charge in [-0.25, -0.2) is 12.8 Å². The number of carbonyl (C=O) groups excluding carboxylic acids is 1. The summed E-state index contributed by atoms with van der Waals surface area (Å²) in [4.78, 5) is 12.3. The van der Waals surface area contributed by atoms with Crippen LogP contribution in [-0.4, -0.2) is 14.3 Å². The van der Waals surface area contributed by atoms with Gasteiger partial charge < -0.3 is 5.32 Å². The molecule has 0 saturated heterocycles. The molecule has 3 rings (SSSR count). The van der Waals surface area contributed by atoms with Crippen molar-refractivity contribution in [3.8, 4) is 0 Å². The minimum absolute atomic E-state index is 0.0230. The average molecular weight is 433 g/mol. The highest BCUT2D eigenvalue weighted by Gasteiger charge is 2.21. The zero-order valence-electron chi connectivity index (χ0n) is 15.7. The van der Waals surface area contributed by atoms with Gasteiger partial charge in [0, 0.05) is 11.3 Å². The Morgan fingerprint density at radius 2 is 1.72 bits per heavy atom. The van der Waals surface area contributed by atoms with Crippen LogP contribution < -0.4 is 10.0 Å². The fourth-order valence-electron chi connectivity index (χ4n) is 2.68. The fourth-order valence-corrected chi connectivity index (χ4v) is 4.33. The molecule has 5 nitrogen and oxygen atoms in total. The number of aryl methyl sites for hydroxylation is 1. The van der Waals surface area contributed by atoms with Gasteiger partial charge in [-0.05, 0) is 67.4 Å². The van der Waals surface area contributed by atoms with Crippen LogP contribution in [-0.2, 0) is 10.0 Å². The smallest absolute Gasteiger partial charge is 0.263 e. The molecule has 0 saturated carbocycles. The van der Waals surface area contributed by atoms with Crippen LogP contribution in [0.2, 0.25) is 5.02 Å². The molecule has 0 bridgehead atoms. The van der Waals surface area contributed by atoms with Crippen molar-refractivity contribution in [3.05, 3.63) is 88.2 Å². The van der Waals surface area contributed by atoms with Gasteiger partial charge in [0.1, 0.15) is 10.7 Å². The van der Waals surface area contributed by atoms with Gasteiger partial charge in [0.05, 0.1) is 10.7 Å². The number of amides is 1. The number of hydrogen-bond acceptors (Lipinski definition) is 3. The van der Waals surface area contributed by atoms with E-state index in [-0.39, 0.29) is 21.2 Å². The first-order chi connectivity index (χ1) is 13.7. The van der Waals surface area contributed by atoms with Crippen molar-refractivity contribution in [3.63, 3.8) is 0 Å². The Bertz CT molecular complexity index is 1200.